The van der Waals surface area contributed by atoms with E-state index in [9.17, 15) is 5.11 Å². The van der Waals surface area contributed by atoms with Gasteiger partial charge in [-0.1, -0.05) is 28.1 Å². The second-order valence-corrected chi connectivity index (χ2v) is 6.94. The molecule has 0 amide bonds. The van der Waals surface area contributed by atoms with Crippen molar-refractivity contribution >= 4 is 15.9 Å². The van der Waals surface area contributed by atoms with E-state index in [2.05, 4.69) is 40.0 Å². The zero-order valence-electron chi connectivity index (χ0n) is 13.4. The molecule has 1 saturated heterocycles. The van der Waals surface area contributed by atoms with Gasteiger partial charge >= 0.3 is 0 Å². The fourth-order valence-corrected chi connectivity index (χ4v) is 3.29. The minimum Gasteiger partial charge on any atom is -0.394 e. The first kappa shape index (κ1) is 17.9. The Morgan fingerprint density at radius 1 is 1.32 bits per heavy atom. The number of ether oxygens (including phenoxy) is 2. The Morgan fingerprint density at radius 3 is 2.68 bits per heavy atom. The summed E-state index contributed by atoms with van der Waals surface area (Å²) >= 11 is 3.49. The van der Waals surface area contributed by atoms with Crippen LogP contribution in [0, 0.1) is 0 Å². The van der Waals surface area contributed by atoms with E-state index < -0.39 is 0 Å². The number of likely N-dealkylation sites (N-methyl/N-ethyl adjacent to an activating group) is 1. The van der Waals surface area contributed by atoms with Crippen LogP contribution in [0.4, 0.5) is 0 Å². The molecule has 124 valence electrons. The van der Waals surface area contributed by atoms with Gasteiger partial charge in [0.2, 0.25) is 0 Å². The molecule has 1 fully saturated rings. The van der Waals surface area contributed by atoms with Crippen molar-refractivity contribution in [3.8, 4) is 0 Å². The van der Waals surface area contributed by atoms with Gasteiger partial charge in [-0.05, 0) is 51.1 Å². The van der Waals surface area contributed by atoms with E-state index >= 15 is 0 Å². The Bertz CT molecular complexity index is 463. The monoisotopic (exact) mass is 371 g/mol. The first-order valence-electron chi connectivity index (χ1n) is 7.88. The van der Waals surface area contributed by atoms with Gasteiger partial charge < -0.3 is 14.6 Å². The summed E-state index contributed by atoms with van der Waals surface area (Å²) in [6, 6.07) is 8.17. The van der Waals surface area contributed by atoms with E-state index in [1.165, 1.54) is 0 Å². The van der Waals surface area contributed by atoms with Crippen LogP contribution in [0.1, 0.15) is 37.8 Å². The molecule has 2 rings (SSSR count). The third-order valence-corrected chi connectivity index (χ3v) is 4.72. The highest BCUT2D eigenvalue weighted by atomic mass is 79.9. The molecule has 1 aliphatic heterocycles. The van der Waals surface area contributed by atoms with Crippen LogP contribution < -0.4 is 0 Å². The van der Waals surface area contributed by atoms with Gasteiger partial charge in [0.05, 0.1) is 25.9 Å². The molecule has 22 heavy (non-hydrogen) atoms. The summed E-state index contributed by atoms with van der Waals surface area (Å²) < 4.78 is 12.3. The maximum Gasteiger partial charge on any atom is 0.165 e. The molecule has 1 aromatic rings. The zero-order valence-corrected chi connectivity index (χ0v) is 15.0. The molecule has 4 nitrogen and oxygen atoms in total. The van der Waals surface area contributed by atoms with E-state index in [1.54, 1.807) is 0 Å². The van der Waals surface area contributed by atoms with Crippen molar-refractivity contribution in [3.05, 3.63) is 34.3 Å². The van der Waals surface area contributed by atoms with Crippen molar-refractivity contribution in [2.45, 2.75) is 38.0 Å². The topological polar surface area (TPSA) is 41.9 Å². The van der Waals surface area contributed by atoms with Crippen LogP contribution in [0.15, 0.2) is 28.7 Å². The molecular formula is C17H26BrNO3. The van der Waals surface area contributed by atoms with Crippen molar-refractivity contribution in [2.24, 2.45) is 0 Å². The Kier molecular flexibility index (Phi) is 6.84. The number of halogens is 1. The van der Waals surface area contributed by atoms with Crippen molar-refractivity contribution in [1.82, 2.24) is 4.90 Å². The van der Waals surface area contributed by atoms with Gasteiger partial charge in [0.1, 0.15) is 0 Å². The van der Waals surface area contributed by atoms with Gasteiger partial charge in [0.15, 0.2) is 5.79 Å². The number of aliphatic hydroxyl groups is 1. The normalized spacial score (nSPS) is 18.8. The number of unbranched alkanes of at least 4 members (excludes halogenated alkanes) is 1. The number of rotatable bonds is 8. The van der Waals surface area contributed by atoms with E-state index in [0.29, 0.717) is 13.2 Å². The van der Waals surface area contributed by atoms with E-state index in [1.807, 2.05) is 19.1 Å². The molecule has 0 spiro atoms. The molecule has 0 saturated carbocycles. The fraction of sp³-hybridized carbons (Fsp3) is 0.647. The van der Waals surface area contributed by atoms with Crippen LogP contribution >= 0.6 is 15.9 Å². The molecular weight excluding hydrogens is 346 g/mol. The Morgan fingerprint density at radius 2 is 2.05 bits per heavy atom. The van der Waals surface area contributed by atoms with Gasteiger partial charge in [-0.25, -0.2) is 0 Å². The third-order valence-electron chi connectivity index (χ3n) is 4.23. The quantitative estimate of drug-likeness (QED) is 0.711. The SMILES string of the molecule is CN(CCCCC1(C)OCCO1)[C@@H](CO)c1cccc(Br)c1. The minimum absolute atomic E-state index is 0.0343. The molecule has 0 radical (unpaired) electrons. The van der Waals surface area contributed by atoms with Crippen LogP contribution in [0.25, 0.3) is 0 Å². The van der Waals surface area contributed by atoms with E-state index in [-0.39, 0.29) is 18.4 Å². The molecule has 1 aliphatic rings. The predicted octanol–water partition coefficient (Wildman–Crippen LogP) is 3.35. The smallest absolute Gasteiger partial charge is 0.165 e. The highest BCUT2D eigenvalue weighted by molar-refractivity contribution is 9.10. The van der Waals surface area contributed by atoms with Gasteiger partial charge in [-0.15, -0.1) is 0 Å². The number of benzene rings is 1. The minimum atomic E-state index is -0.390. The predicted molar refractivity (Wildman–Crippen MR) is 90.8 cm³/mol. The summed E-state index contributed by atoms with van der Waals surface area (Å²) in [5, 5.41) is 9.71. The first-order valence-corrected chi connectivity index (χ1v) is 8.68. The molecule has 1 aromatic carbocycles. The molecule has 1 atom stereocenters. The molecule has 0 bridgehead atoms. The average molecular weight is 372 g/mol. The van der Waals surface area contributed by atoms with Crippen LogP contribution in [0.5, 0.6) is 0 Å². The molecule has 1 N–H and O–H groups in total. The zero-order chi connectivity index (χ0) is 16.0. The third kappa shape index (κ3) is 5.03. The lowest BCUT2D eigenvalue weighted by Crippen LogP contribution is -2.29. The maximum atomic E-state index is 9.71. The summed E-state index contributed by atoms with van der Waals surface area (Å²) in [4.78, 5) is 2.21. The summed E-state index contributed by atoms with van der Waals surface area (Å²) in [6.07, 6.45) is 3.03. The molecule has 0 aromatic heterocycles. The summed E-state index contributed by atoms with van der Waals surface area (Å²) in [6.45, 7) is 4.48. The highest BCUT2D eigenvalue weighted by Gasteiger charge is 2.30. The fourth-order valence-electron chi connectivity index (χ4n) is 2.88. The van der Waals surface area contributed by atoms with Gasteiger partial charge in [0.25, 0.3) is 0 Å². The number of hydrogen-bond acceptors (Lipinski definition) is 4. The van der Waals surface area contributed by atoms with Crippen molar-refractivity contribution in [2.75, 3.05) is 33.4 Å². The highest BCUT2D eigenvalue weighted by Crippen LogP contribution is 2.26. The van der Waals surface area contributed by atoms with Crippen molar-refractivity contribution < 1.29 is 14.6 Å². The second kappa shape index (κ2) is 8.41. The average Bonchev–Trinajstić information content (AvgIpc) is 2.92. The Balaban J connectivity index is 1.78. The lowest BCUT2D eigenvalue weighted by atomic mass is 10.1. The van der Waals surface area contributed by atoms with Gasteiger partial charge in [-0.3, -0.25) is 4.90 Å². The van der Waals surface area contributed by atoms with Gasteiger partial charge in [-0.2, -0.15) is 0 Å². The molecule has 0 aliphatic carbocycles. The Labute approximate surface area is 141 Å². The van der Waals surface area contributed by atoms with Crippen molar-refractivity contribution in [1.29, 1.82) is 0 Å². The number of nitrogens with zero attached hydrogens (tertiary/aromatic N) is 1. The summed E-state index contributed by atoms with van der Waals surface area (Å²) in [7, 11) is 2.06. The lowest BCUT2D eigenvalue weighted by Gasteiger charge is -2.28. The van der Waals surface area contributed by atoms with E-state index in [4.69, 9.17) is 9.47 Å². The van der Waals surface area contributed by atoms with Crippen molar-refractivity contribution in [3.63, 3.8) is 0 Å². The van der Waals surface area contributed by atoms with Crippen LogP contribution in [0.2, 0.25) is 0 Å². The van der Waals surface area contributed by atoms with Gasteiger partial charge in [0, 0.05) is 10.9 Å². The molecule has 5 heteroatoms. The molecule has 1 heterocycles. The van der Waals surface area contributed by atoms with Crippen LogP contribution in [-0.2, 0) is 9.47 Å². The largest absolute Gasteiger partial charge is 0.394 e. The molecule has 0 unspecified atom stereocenters. The summed E-state index contributed by atoms with van der Waals surface area (Å²) in [5.74, 6) is -0.390. The van der Waals surface area contributed by atoms with Crippen LogP contribution in [-0.4, -0.2) is 49.2 Å². The standard InChI is InChI=1S/C17H26BrNO3/c1-17(21-10-11-22-17)8-3-4-9-19(2)16(13-20)14-6-5-7-15(18)12-14/h5-7,12,16,20H,3-4,8-11,13H2,1-2H3/t16-/m0/s1. The first-order chi connectivity index (χ1) is 10.5. The maximum absolute atomic E-state index is 9.71. The Hall–Kier alpha value is -0.460. The van der Waals surface area contributed by atoms with E-state index in [0.717, 1.165) is 35.8 Å². The van der Waals surface area contributed by atoms with Crippen LogP contribution in [0.3, 0.4) is 0 Å². The lowest BCUT2D eigenvalue weighted by molar-refractivity contribution is -0.147. The number of aliphatic hydroxyl groups excluding tert-OH is 1. The summed E-state index contributed by atoms with van der Waals surface area (Å²) in [5.41, 5.74) is 1.13. The second-order valence-electron chi connectivity index (χ2n) is 6.02. The number of hydrogen-bond donors (Lipinski definition) is 1.